The Morgan fingerprint density at radius 1 is 1.03 bits per heavy atom. The van der Waals surface area contributed by atoms with Gasteiger partial charge in [0.05, 0.1) is 11.7 Å². The Bertz CT molecular complexity index is 1100. The zero-order chi connectivity index (χ0) is 23.3. The molecule has 6 nitrogen and oxygen atoms in total. The van der Waals surface area contributed by atoms with E-state index in [4.69, 9.17) is 9.47 Å². The monoisotopic (exact) mass is 457 g/mol. The minimum atomic E-state index is -0.250. The number of para-hydroxylation sites is 2. The molecule has 176 valence electrons. The summed E-state index contributed by atoms with van der Waals surface area (Å²) in [6, 6.07) is 21.7. The fraction of sp³-hybridized carbons (Fsp3) is 0.357. The van der Waals surface area contributed by atoms with Crippen LogP contribution in [0.2, 0.25) is 0 Å². The molecule has 1 amide bonds. The zero-order valence-corrected chi connectivity index (χ0v) is 19.5. The lowest BCUT2D eigenvalue weighted by molar-refractivity contribution is -0.127. The van der Waals surface area contributed by atoms with E-state index < -0.39 is 0 Å². The summed E-state index contributed by atoms with van der Waals surface area (Å²) in [4.78, 5) is 20.2. The lowest BCUT2D eigenvalue weighted by Gasteiger charge is -2.35. The summed E-state index contributed by atoms with van der Waals surface area (Å²) >= 11 is 0. The van der Waals surface area contributed by atoms with Gasteiger partial charge in [0.15, 0.2) is 11.5 Å². The van der Waals surface area contributed by atoms with Gasteiger partial charge in [-0.1, -0.05) is 48.0 Å². The first-order chi connectivity index (χ1) is 16.7. The van der Waals surface area contributed by atoms with Crippen molar-refractivity contribution in [3.05, 3.63) is 89.7 Å². The number of hydrogen-bond donors (Lipinski definition) is 1. The maximum absolute atomic E-state index is 13.3. The SMILES string of the molecule is Cc1ccc(C(NC(=O)C2CCN(CC3COc4ccccc4O3)CC2)c2ccccn2)cc1. The van der Waals surface area contributed by atoms with Crippen LogP contribution in [0.25, 0.3) is 0 Å². The van der Waals surface area contributed by atoms with Crippen LogP contribution in [0.5, 0.6) is 11.5 Å². The minimum Gasteiger partial charge on any atom is -0.486 e. The molecule has 6 heteroatoms. The number of carbonyl (C=O) groups is 1. The van der Waals surface area contributed by atoms with Gasteiger partial charge in [-0.15, -0.1) is 0 Å². The fourth-order valence-corrected chi connectivity index (χ4v) is 4.71. The molecule has 1 saturated heterocycles. The second-order valence-electron chi connectivity index (χ2n) is 9.18. The van der Waals surface area contributed by atoms with Gasteiger partial charge >= 0.3 is 0 Å². The van der Waals surface area contributed by atoms with Gasteiger partial charge < -0.3 is 14.8 Å². The van der Waals surface area contributed by atoms with Gasteiger partial charge in [-0.05, 0) is 62.7 Å². The fourth-order valence-electron chi connectivity index (χ4n) is 4.71. The topological polar surface area (TPSA) is 63.7 Å². The van der Waals surface area contributed by atoms with E-state index >= 15 is 0 Å². The molecule has 1 aromatic heterocycles. The number of hydrogen-bond acceptors (Lipinski definition) is 5. The minimum absolute atomic E-state index is 0.00263. The van der Waals surface area contributed by atoms with Crippen molar-refractivity contribution in [2.75, 3.05) is 26.2 Å². The van der Waals surface area contributed by atoms with Crippen molar-refractivity contribution < 1.29 is 14.3 Å². The standard InChI is InChI=1S/C28H31N3O3/c1-20-9-11-21(12-10-20)27(24-6-4-5-15-29-24)30-28(32)22-13-16-31(17-14-22)18-23-19-33-25-7-2-3-8-26(25)34-23/h2-12,15,22-23,27H,13-14,16-19H2,1H3,(H,30,32). The zero-order valence-electron chi connectivity index (χ0n) is 19.5. The van der Waals surface area contributed by atoms with E-state index in [0.717, 1.165) is 55.2 Å². The van der Waals surface area contributed by atoms with Crippen LogP contribution in [0.4, 0.5) is 0 Å². The smallest absolute Gasteiger partial charge is 0.224 e. The molecule has 0 saturated carbocycles. The van der Waals surface area contributed by atoms with E-state index in [-0.39, 0.29) is 24.0 Å². The number of amides is 1. The van der Waals surface area contributed by atoms with Crippen molar-refractivity contribution in [2.24, 2.45) is 5.92 Å². The van der Waals surface area contributed by atoms with Gasteiger partial charge in [0.1, 0.15) is 12.7 Å². The second-order valence-corrected chi connectivity index (χ2v) is 9.18. The number of aryl methyl sites for hydroxylation is 1. The molecule has 2 aliphatic rings. The van der Waals surface area contributed by atoms with Gasteiger partial charge in [0, 0.05) is 18.7 Å². The Morgan fingerprint density at radius 3 is 2.50 bits per heavy atom. The summed E-state index contributed by atoms with van der Waals surface area (Å²) in [6.07, 6.45) is 3.45. The summed E-state index contributed by atoms with van der Waals surface area (Å²) in [5.41, 5.74) is 3.09. The highest BCUT2D eigenvalue weighted by molar-refractivity contribution is 5.79. The average molecular weight is 458 g/mol. The number of ether oxygens (including phenoxy) is 2. The molecule has 1 fully saturated rings. The number of likely N-dealkylation sites (tertiary alicyclic amines) is 1. The summed E-state index contributed by atoms with van der Waals surface area (Å²) in [5, 5.41) is 3.28. The molecule has 2 aliphatic heterocycles. The maximum Gasteiger partial charge on any atom is 0.224 e. The molecule has 3 heterocycles. The Morgan fingerprint density at radius 2 is 1.76 bits per heavy atom. The largest absolute Gasteiger partial charge is 0.486 e. The summed E-state index contributed by atoms with van der Waals surface area (Å²) in [7, 11) is 0. The number of piperidine rings is 1. The van der Waals surface area contributed by atoms with E-state index in [1.807, 2.05) is 42.5 Å². The lowest BCUT2D eigenvalue weighted by Crippen LogP contribution is -2.46. The number of nitrogens with one attached hydrogen (secondary N) is 1. The van der Waals surface area contributed by atoms with Crippen molar-refractivity contribution in [2.45, 2.75) is 31.9 Å². The third-order valence-corrected chi connectivity index (χ3v) is 6.67. The number of pyridine rings is 1. The molecule has 0 radical (unpaired) electrons. The van der Waals surface area contributed by atoms with Gasteiger partial charge in [-0.25, -0.2) is 0 Å². The number of fused-ring (bicyclic) bond motifs is 1. The molecule has 34 heavy (non-hydrogen) atoms. The van der Waals surface area contributed by atoms with E-state index in [9.17, 15) is 4.79 Å². The molecule has 0 aliphatic carbocycles. The van der Waals surface area contributed by atoms with Crippen molar-refractivity contribution in [1.29, 1.82) is 0 Å². The number of aromatic nitrogens is 1. The normalized spacial score (nSPS) is 19.4. The van der Waals surface area contributed by atoms with Crippen LogP contribution in [0, 0.1) is 12.8 Å². The number of rotatable bonds is 6. The first kappa shape index (κ1) is 22.4. The Kier molecular flexibility index (Phi) is 6.77. The third-order valence-electron chi connectivity index (χ3n) is 6.67. The van der Waals surface area contributed by atoms with Gasteiger partial charge in [-0.3, -0.25) is 14.7 Å². The number of benzene rings is 2. The Labute approximate surface area is 200 Å². The predicted octanol–water partition coefficient (Wildman–Crippen LogP) is 4.15. The van der Waals surface area contributed by atoms with Crippen LogP contribution in [-0.4, -0.2) is 48.1 Å². The van der Waals surface area contributed by atoms with E-state index in [0.29, 0.717) is 6.61 Å². The third kappa shape index (κ3) is 5.23. The molecular formula is C28H31N3O3. The van der Waals surface area contributed by atoms with Crippen LogP contribution in [-0.2, 0) is 4.79 Å². The first-order valence-electron chi connectivity index (χ1n) is 12.0. The highest BCUT2D eigenvalue weighted by atomic mass is 16.6. The molecule has 2 atom stereocenters. The average Bonchev–Trinajstić information content (AvgIpc) is 2.89. The number of carbonyl (C=O) groups excluding carboxylic acids is 1. The molecule has 5 rings (SSSR count). The van der Waals surface area contributed by atoms with Crippen LogP contribution in [0.1, 0.15) is 35.7 Å². The van der Waals surface area contributed by atoms with Crippen LogP contribution >= 0.6 is 0 Å². The summed E-state index contributed by atoms with van der Waals surface area (Å²) in [6.45, 7) is 5.17. The quantitative estimate of drug-likeness (QED) is 0.603. The van der Waals surface area contributed by atoms with Crippen molar-refractivity contribution in [3.63, 3.8) is 0 Å². The predicted molar refractivity (Wildman–Crippen MR) is 131 cm³/mol. The van der Waals surface area contributed by atoms with Crippen molar-refractivity contribution in [3.8, 4) is 11.5 Å². The molecule has 2 aromatic carbocycles. The molecular weight excluding hydrogens is 426 g/mol. The molecule has 0 bridgehead atoms. The molecule has 2 unspecified atom stereocenters. The number of nitrogens with zero attached hydrogens (tertiary/aromatic N) is 2. The van der Waals surface area contributed by atoms with Crippen molar-refractivity contribution in [1.82, 2.24) is 15.2 Å². The van der Waals surface area contributed by atoms with E-state index in [1.165, 1.54) is 5.56 Å². The second kappa shape index (κ2) is 10.3. The maximum atomic E-state index is 13.3. The lowest BCUT2D eigenvalue weighted by atomic mass is 9.94. The van der Waals surface area contributed by atoms with Crippen LogP contribution < -0.4 is 14.8 Å². The van der Waals surface area contributed by atoms with Crippen LogP contribution in [0.15, 0.2) is 72.9 Å². The van der Waals surface area contributed by atoms with E-state index in [1.54, 1.807) is 6.20 Å². The Balaban J connectivity index is 1.17. The highest BCUT2D eigenvalue weighted by Gasteiger charge is 2.30. The molecule has 3 aromatic rings. The summed E-state index contributed by atoms with van der Waals surface area (Å²) in [5.74, 6) is 1.72. The van der Waals surface area contributed by atoms with Crippen LogP contribution in [0.3, 0.4) is 0 Å². The highest BCUT2D eigenvalue weighted by Crippen LogP contribution is 2.31. The first-order valence-corrected chi connectivity index (χ1v) is 12.0. The Hall–Kier alpha value is -3.38. The summed E-state index contributed by atoms with van der Waals surface area (Å²) < 4.78 is 12.0. The van der Waals surface area contributed by atoms with Gasteiger partial charge in [0.25, 0.3) is 0 Å². The van der Waals surface area contributed by atoms with Crippen molar-refractivity contribution >= 4 is 5.91 Å². The van der Waals surface area contributed by atoms with Gasteiger partial charge in [0.2, 0.25) is 5.91 Å². The van der Waals surface area contributed by atoms with E-state index in [2.05, 4.69) is 46.4 Å². The van der Waals surface area contributed by atoms with Gasteiger partial charge in [-0.2, -0.15) is 0 Å². The molecule has 0 spiro atoms. The molecule has 1 N–H and O–H groups in total.